The monoisotopic (exact) mass is 222 g/mol. The van der Waals surface area contributed by atoms with Gasteiger partial charge in [-0.2, -0.15) is 0 Å². The van der Waals surface area contributed by atoms with E-state index in [4.69, 9.17) is 0 Å². The first-order valence-corrected chi connectivity index (χ1v) is 6.07. The molecule has 0 heteroatoms. The topological polar surface area (TPSA) is 0 Å². The van der Waals surface area contributed by atoms with Gasteiger partial charge in [-0.05, 0) is 40.5 Å². The molecule has 0 fully saturated rings. The molecule has 0 amide bonds. The van der Waals surface area contributed by atoms with E-state index in [1.165, 1.54) is 21.9 Å². The van der Waals surface area contributed by atoms with Gasteiger partial charge in [-0.1, -0.05) is 62.0 Å². The molecule has 0 aliphatic carbocycles. The summed E-state index contributed by atoms with van der Waals surface area (Å²) in [6, 6.07) is 16.9. The Morgan fingerprint density at radius 3 is 2.35 bits per heavy atom. The minimum atomic E-state index is 1.06. The van der Waals surface area contributed by atoms with Crippen molar-refractivity contribution in [3.8, 4) is 0 Å². The second-order valence-corrected chi connectivity index (χ2v) is 4.29. The lowest BCUT2D eigenvalue weighted by atomic mass is 9.97. The zero-order chi connectivity index (χ0) is 12.3. The van der Waals surface area contributed by atoms with Gasteiger partial charge in [-0.15, -0.1) is 0 Å². The van der Waals surface area contributed by atoms with Gasteiger partial charge in [0.15, 0.2) is 0 Å². The van der Waals surface area contributed by atoms with Crippen molar-refractivity contribution < 1.29 is 0 Å². The quantitative estimate of drug-likeness (QED) is 0.733. The summed E-state index contributed by atoms with van der Waals surface area (Å²) in [4.78, 5) is 0. The highest BCUT2D eigenvalue weighted by Crippen LogP contribution is 2.16. The normalized spacial score (nSPS) is 12.4. The highest BCUT2D eigenvalue weighted by atomic mass is 14.1. The van der Waals surface area contributed by atoms with Crippen LogP contribution in [0.5, 0.6) is 0 Å². The predicted molar refractivity (Wildman–Crippen MR) is 75.2 cm³/mol. The fourth-order valence-corrected chi connectivity index (χ4v) is 2.23. The van der Waals surface area contributed by atoms with E-state index < -0.39 is 0 Å². The zero-order valence-corrected chi connectivity index (χ0v) is 10.5. The molecular formula is C17H18. The highest BCUT2D eigenvalue weighted by molar-refractivity contribution is 5.66. The van der Waals surface area contributed by atoms with E-state index in [1.54, 1.807) is 0 Å². The molecule has 2 rings (SSSR count). The summed E-state index contributed by atoms with van der Waals surface area (Å²) < 4.78 is 0. The Morgan fingerprint density at radius 2 is 1.65 bits per heavy atom. The van der Waals surface area contributed by atoms with Crippen molar-refractivity contribution in [2.24, 2.45) is 0 Å². The van der Waals surface area contributed by atoms with Gasteiger partial charge in [-0.3, -0.25) is 0 Å². The molecule has 0 heterocycles. The molecule has 0 atom stereocenters. The summed E-state index contributed by atoms with van der Waals surface area (Å²) >= 11 is 0. The second kappa shape index (κ2) is 5.01. The number of aryl methyl sites for hydroxylation is 1. The van der Waals surface area contributed by atoms with Gasteiger partial charge in [-0.25, -0.2) is 0 Å². The molecule has 0 saturated heterocycles. The first-order chi connectivity index (χ1) is 8.24. The second-order valence-electron chi connectivity index (χ2n) is 4.29. The fourth-order valence-electron chi connectivity index (χ4n) is 2.23. The van der Waals surface area contributed by atoms with Crippen molar-refractivity contribution in [3.05, 3.63) is 70.1 Å². The van der Waals surface area contributed by atoms with Gasteiger partial charge in [0, 0.05) is 0 Å². The molecule has 0 bridgehead atoms. The molecule has 0 unspecified atom stereocenters. The lowest BCUT2D eigenvalue weighted by molar-refractivity contribution is 1.13. The van der Waals surface area contributed by atoms with Crippen LogP contribution in [-0.4, -0.2) is 0 Å². The summed E-state index contributed by atoms with van der Waals surface area (Å²) in [5, 5.41) is 2.34. The molecule has 2 aromatic rings. The minimum absolute atomic E-state index is 1.06. The third kappa shape index (κ3) is 2.31. The van der Waals surface area contributed by atoms with Gasteiger partial charge in [0.2, 0.25) is 0 Å². The fraction of sp³-hybridized carbons (Fsp3) is 0.176. The predicted octanol–water partition coefficient (Wildman–Crippen LogP) is 2.88. The SMILES string of the molecule is C=c1cccc/c1=C(\C)c1ccccc1CC. The highest BCUT2D eigenvalue weighted by Gasteiger charge is 2.02. The van der Waals surface area contributed by atoms with Crippen LogP contribution in [-0.2, 0) is 6.42 Å². The van der Waals surface area contributed by atoms with Crippen LogP contribution in [0, 0.1) is 0 Å². The van der Waals surface area contributed by atoms with E-state index in [0.717, 1.165) is 11.6 Å². The standard InChI is InChI=1S/C17H18/c1-4-15-10-6-8-12-17(15)14(3)16-11-7-5-9-13(16)2/h5-12H,2,4H2,1,3H3/b16-14-. The van der Waals surface area contributed by atoms with Crippen molar-refractivity contribution in [2.45, 2.75) is 20.3 Å². The summed E-state index contributed by atoms with van der Waals surface area (Å²) in [7, 11) is 0. The van der Waals surface area contributed by atoms with Gasteiger partial charge in [0.05, 0.1) is 0 Å². The first-order valence-electron chi connectivity index (χ1n) is 6.07. The van der Waals surface area contributed by atoms with Crippen molar-refractivity contribution >= 4 is 12.2 Å². The lowest BCUT2D eigenvalue weighted by Gasteiger charge is -2.08. The van der Waals surface area contributed by atoms with Crippen LogP contribution in [0.2, 0.25) is 0 Å². The number of hydrogen-bond acceptors (Lipinski definition) is 0. The van der Waals surface area contributed by atoms with Crippen LogP contribution in [0.1, 0.15) is 25.0 Å². The van der Waals surface area contributed by atoms with Crippen LogP contribution >= 0.6 is 0 Å². The molecular weight excluding hydrogens is 204 g/mol. The Labute approximate surface area is 103 Å². The molecule has 86 valence electrons. The van der Waals surface area contributed by atoms with Crippen LogP contribution in [0.4, 0.5) is 0 Å². The Hall–Kier alpha value is -1.82. The van der Waals surface area contributed by atoms with Crippen molar-refractivity contribution in [2.75, 3.05) is 0 Å². The Morgan fingerprint density at radius 1 is 1.00 bits per heavy atom. The molecule has 0 aliphatic heterocycles. The largest absolute Gasteiger partial charge is 0.0911 e. The first kappa shape index (κ1) is 11.7. The van der Waals surface area contributed by atoms with Crippen LogP contribution in [0.15, 0.2) is 48.5 Å². The van der Waals surface area contributed by atoms with Gasteiger partial charge in [0.25, 0.3) is 0 Å². The smallest absolute Gasteiger partial charge is 0.0155 e. The number of benzene rings is 2. The van der Waals surface area contributed by atoms with E-state index in [0.29, 0.717) is 0 Å². The molecule has 0 spiro atoms. The van der Waals surface area contributed by atoms with Crippen LogP contribution < -0.4 is 10.4 Å². The summed E-state index contributed by atoms with van der Waals surface area (Å²) in [5.74, 6) is 0. The van der Waals surface area contributed by atoms with Gasteiger partial charge in [0.1, 0.15) is 0 Å². The summed E-state index contributed by atoms with van der Waals surface area (Å²) in [5.41, 5.74) is 4.05. The zero-order valence-electron chi connectivity index (χ0n) is 10.5. The molecule has 0 radical (unpaired) electrons. The van der Waals surface area contributed by atoms with E-state index in [9.17, 15) is 0 Å². The number of rotatable bonds is 2. The maximum atomic E-state index is 4.10. The van der Waals surface area contributed by atoms with Gasteiger partial charge >= 0.3 is 0 Å². The summed E-state index contributed by atoms with van der Waals surface area (Å²) in [6.45, 7) is 8.48. The summed E-state index contributed by atoms with van der Waals surface area (Å²) in [6.07, 6.45) is 1.06. The molecule has 0 N–H and O–H groups in total. The van der Waals surface area contributed by atoms with Crippen molar-refractivity contribution in [1.29, 1.82) is 0 Å². The molecule has 0 nitrogen and oxygen atoms in total. The molecule has 0 aliphatic rings. The Bertz CT molecular complexity index is 620. The molecule has 0 saturated carbocycles. The molecule has 0 aromatic heterocycles. The van der Waals surface area contributed by atoms with Crippen LogP contribution in [0.3, 0.4) is 0 Å². The lowest BCUT2D eigenvalue weighted by Crippen LogP contribution is -2.24. The molecule has 17 heavy (non-hydrogen) atoms. The van der Waals surface area contributed by atoms with Crippen molar-refractivity contribution in [3.63, 3.8) is 0 Å². The van der Waals surface area contributed by atoms with E-state index in [-0.39, 0.29) is 0 Å². The third-order valence-corrected chi connectivity index (χ3v) is 3.22. The van der Waals surface area contributed by atoms with E-state index in [1.807, 2.05) is 6.07 Å². The average molecular weight is 222 g/mol. The van der Waals surface area contributed by atoms with Gasteiger partial charge < -0.3 is 0 Å². The maximum Gasteiger partial charge on any atom is -0.0155 e. The molecule has 2 aromatic carbocycles. The number of hydrogen-bond donors (Lipinski definition) is 0. The maximum absolute atomic E-state index is 4.10. The Kier molecular flexibility index (Phi) is 3.43. The van der Waals surface area contributed by atoms with E-state index >= 15 is 0 Å². The minimum Gasteiger partial charge on any atom is -0.0911 e. The average Bonchev–Trinajstić information content (AvgIpc) is 2.38. The third-order valence-electron chi connectivity index (χ3n) is 3.22. The van der Waals surface area contributed by atoms with E-state index in [2.05, 4.69) is 62.9 Å². The van der Waals surface area contributed by atoms with Crippen molar-refractivity contribution in [1.82, 2.24) is 0 Å². The van der Waals surface area contributed by atoms with Crippen LogP contribution in [0.25, 0.3) is 12.2 Å². The Balaban J connectivity index is 2.74.